The van der Waals surface area contributed by atoms with Crippen LogP contribution in [-0.2, 0) is 5.41 Å². The first-order valence-corrected chi connectivity index (χ1v) is 12.8. The zero-order valence-corrected chi connectivity index (χ0v) is 21.7. The number of guanidine groups is 1. The highest BCUT2D eigenvalue weighted by Gasteiger charge is 2.31. The number of halogens is 3. The molecule has 3 N–H and O–H groups in total. The summed E-state index contributed by atoms with van der Waals surface area (Å²) in [5.41, 5.74) is 15.1. The van der Waals surface area contributed by atoms with Crippen LogP contribution in [0.25, 0.3) is 5.69 Å². The number of aromatic nitrogens is 2. The molecule has 1 saturated heterocycles. The van der Waals surface area contributed by atoms with Crippen molar-refractivity contribution in [3.05, 3.63) is 75.8 Å². The van der Waals surface area contributed by atoms with Crippen LogP contribution in [0.1, 0.15) is 31.5 Å². The predicted molar refractivity (Wildman–Crippen MR) is 139 cm³/mol. The molecule has 2 aromatic carbocycles. The van der Waals surface area contributed by atoms with Gasteiger partial charge in [-0.3, -0.25) is 4.57 Å². The van der Waals surface area contributed by atoms with Crippen molar-refractivity contribution < 1.29 is 4.39 Å². The lowest BCUT2D eigenvalue weighted by Gasteiger charge is -2.28. The van der Waals surface area contributed by atoms with Crippen molar-refractivity contribution >= 4 is 40.9 Å². The molecule has 7 nitrogen and oxygen atoms in total. The Balaban J connectivity index is 1.65. The zero-order chi connectivity index (χ0) is 25.2. The van der Waals surface area contributed by atoms with E-state index in [-0.39, 0.29) is 11.8 Å². The van der Waals surface area contributed by atoms with Crippen LogP contribution in [0.5, 0.6) is 0 Å². The maximum atomic E-state index is 13.7. The van der Waals surface area contributed by atoms with E-state index >= 15 is 0 Å². The Kier molecular flexibility index (Phi) is 7.68. The SMILES string of the molecule is CC(C)(c1ccc(Cl)c(Cl)c1)c1cnc(SCC2CCN(C(N)=NN=N)C2)n1-c1ccc(F)cc1. The highest BCUT2D eigenvalue weighted by atomic mass is 35.5. The molecule has 0 spiro atoms. The van der Waals surface area contributed by atoms with E-state index in [4.69, 9.17) is 39.5 Å². The number of likely N-dealkylation sites (tertiary alicyclic amines) is 1. The van der Waals surface area contributed by atoms with E-state index in [1.165, 1.54) is 12.1 Å². The molecule has 3 aromatic rings. The molecule has 0 radical (unpaired) electrons. The largest absolute Gasteiger partial charge is 0.368 e. The number of nitrogens with one attached hydrogen (secondary N) is 1. The minimum absolute atomic E-state index is 0.269. The van der Waals surface area contributed by atoms with Crippen molar-refractivity contribution in [3.8, 4) is 5.69 Å². The molecule has 184 valence electrons. The molecule has 2 heterocycles. The average molecular weight is 534 g/mol. The van der Waals surface area contributed by atoms with Gasteiger partial charge in [0, 0.05) is 29.9 Å². The number of hydrogen-bond donors (Lipinski definition) is 2. The summed E-state index contributed by atoms with van der Waals surface area (Å²) in [6.45, 7) is 5.73. The highest BCUT2D eigenvalue weighted by Crippen LogP contribution is 2.38. The van der Waals surface area contributed by atoms with Gasteiger partial charge >= 0.3 is 0 Å². The van der Waals surface area contributed by atoms with E-state index in [0.717, 1.165) is 47.4 Å². The van der Waals surface area contributed by atoms with Gasteiger partial charge in [0.25, 0.3) is 0 Å². The Hall–Kier alpha value is -2.62. The summed E-state index contributed by atoms with van der Waals surface area (Å²) in [5, 5.41) is 8.47. The summed E-state index contributed by atoms with van der Waals surface area (Å²) in [6.07, 6.45) is 2.83. The maximum Gasteiger partial charge on any atom is 0.218 e. The van der Waals surface area contributed by atoms with Crippen LogP contribution in [0, 0.1) is 17.3 Å². The molecule has 1 atom stereocenters. The number of nitrogens with zero attached hydrogens (tertiary/aromatic N) is 5. The molecule has 1 aromatic heterocycles. The number of rotatable bonds is 7. The third kappa shape index (κ3) is 5.47. The van der Waals surface area contributed by atoms with Crippen molar-refractivity contribution in [1.82, 2.24) is 14.5 Å². The second kappa shape index (κ2) is 10.6. The van der Waals surface area contributed by atoms with Gasteiger partial charge in [0.1, 0.15) is 5.82 Å². The van der Waals surface area contributed by atoms with Gasteiger partial charge in [0.15, 0.2) is 5.16 Å². The number of hydrogen-bond acceptors (Lipinski definition) is 4. The Morgan fingerprint density at radius 2 is 1.97 bits per heavy atom. The summed E-state index contributed by atoms with van der Waals surface area (Å²) in [6, 6.07) is 12.1. The number of benzene rings is 2. The lowest BCUT2D eigenvalue weighted by molar-refractivity contribution is 0.488. The van der Waals surface area contributed by atoms with E-state index in [2.05, 4.69) is 28.7 Å². The fourth-order valence-electron chi connectivity index (χ4n) is 4.23. The van der Waals surface area contributed by atoms with Gasteiger partial charge in [0.05, 0.1) is 21.9 Å². The lowest BCUT2D eigenvalue weighted by Crippen LogP contribution is -2.35. The van der Waals surface area contributed by atoms with Crippen LogP contribution < -0.4 is 5.73 Å². The van der Waals surface area contributed by atoms with Crippen LogP contribution >= 0.6 is 35.0 Å². The van der Waals surface area contributed by atoms with Crippen molar-refractivity contribution in [3.63, 3.8) is 0 Å². The second-order valence-electron chi connectivity index (χ2n) is 8.96. The normalized spacial score (nSPS) is 16.7. The molecule has 35 heavy (non-hydrogen) atoms. The number of nitrogens with two attached hydrogens (primary N) is 1. The molecule has 1 aliphatic rings. The van der Waals surface area contributed by atoms with Gasteiger partial charge < -0.3 is 10.6 Å². The minimum Gasteiger partial charge on any atom is -0.368 e. The van der Waals surface area contributed by atoms with Crippen LogP contribution in [0.3, 0.4) is 0 Å². The molecule has 4 rings (SSSR count). The minimum atomic E-state index is -0.455. The van der Waals surface area contributed by atoms with Crippen LogP contribution in [0.15, 0.2) is 64.1 Å². The average Bonchev–Trinajstić information content (AvgIpc) is 3.48. The zero-order valence-electron chi connectivity index (χ0n) is 19.4. The summed E-state index contributed by atoms with van der Waals surface area (Å²) in [5.74, 6) is 1.18. The summed E-state index contributed by atoms with van der Waals surface area (Å²) < 4.78 is 15.8. The quantitative estimate of drug-likeness (QED) is 0.122. The van der Waals surface area contributed by atoms with Gasteiger partial charge in [0.2, 0.25) is 5.96 Å². The molecule has 11 heteroatoms. The van der Waals surface area contributed by atoms with Gasteiger partial charge in [-0.1, -0.05) is 60.0 Å². The van der Waals surface area contributed by atoms with E-state index in [1.54, 1.807) is 30.0 Å². The molecule has 0 aliphatic carbocycles. The van der Waals surface area contributed by atoms with Gasteiger partial charge in [-0.2, -0.15) is 5.53 Å². The van der Waals surface area contributed by atoms with Crippen LogP contribution in [0.2, 0.25) is 10.0 Å². The third-order valence-corrected chi connectivity index (χ3v) is 8.23. The lowest BCUT2D eigenvalue weighted by atomic mass is 9.81. The van der Waals surface area contributed by atoms with E-state index in [1.807, 2.05) is 23.2 Å². The van der Waals surface area contributed by atoms with Crippen molar-refractivity contribution in [2.45, 2.75) is 30.8 Å². The molecular formula is C24H26Cl2FN7S. The second-order valence-corrected chi connectivity index (χ2v) is 10.8. The van der Waals surface area contributed by atoms with E-state index in [9.17, 15) is 4.39 Å². The van der Waals surface area contributed by atoms with Gasteiger partial charge in [-0.15, -0.1) is 0 Å². The molecular weight excluding hydrogens is 508 g/mol. The topological polar surface area (TPSA) is 95.7 Å². The van der Waals surface area contributed by atoms with E-state index in [0.29, 0.717) is 16.0 Å². The molecule has 1 aliphatic heterocycles. The molecule has 1 fully saturated rings. The maximum absolute atomic E-state index is 13.7. The van der Waals surface area contributed by atoms with Gasteiger partial charge in [-0.25, -0.2) is 9.37 Å². The summed E-state index contributed by atoms with van der Waals surface area (Å²) in [7, 11) is 0. The molecule has 0 saturated carbocycles. The highest BCUT2D eigenvalue weighted by molar-refractivity contribution is 7.99. The third-order valence-electron chi connectivity index (χ3n) is 6.31. The molecule has 0 bridgehead atoms. The van der Waals surface area contributed by atoms with Crippen LogP contribution in [-0.4, -0.2) is 39.3 Å². The fraction of sp³-hybridized carbons (Fsp3) is 0.333. The molecule has 0 amide bonds. The van der Waals surface area contributed by atoms with Gasteiger partial charge in [-0.05, 0) is 59.5 Å². The van der Waals surface area contributed by atoms with E-state index < -0.39 is 5.41 Å². The Morgan fingerprint density at radius 1 is 1.23 bits per heavy atom. The van der Waals surface area contributed by atoms with Crippen LogP contribution in [0.4, 0.5) is 4.39 Å². The summed E-state index contributed by atoms with van der Waals surface area (Å²) >= 11 is 14.1. The first kappa shape index (κ1) is 25.5. The Morgan fingerprint density at radius 3 is 2.66 bits per heavy atom. The first-order chi connectivity index (χ1) is 16.7. The number of imidazole rings is 1. The van der Waals surface area contributed by atoms with Crippen molar-refractivity contribution in [2.24, 2.45) is 22.0 Å². The van der Waals surface area contributed by atoms with Crippen molar-refractivity contribution in [1.29, 1.82) is 5.53 Å². The summed E-state index contributed by atoms with van der Waals surface area (Å²) in [4.78, 5) is 6.70. The monoisotopic (exact) mass is 533 g/mol. The smallest absolute Gasteiger partial charge is 0.218 e. The fourth-order valence-corrected chi connectivity index (χ4v) is 5.65. The number of thioether (sulfide) groups is 1. The molecule has 1 unspecified atom stereocenters. The van der Waals surface area contributed by atoms with Crippen molar-refractivity contribution in [2.75, 3.05) is 18.8 Å². The standard InChI is InChI=1S/C24H26Cl2FN7S/c1-24(2,16-3-8-19(25)20(26)11-16)21-12-30-23(34(21)18-6-4-17(27)5-7-18)35-14-15-9-10-33(13-15)22(28)31-32-29/h3-8,11-12,15H,9-10,13-14H2,1-2H3,(H3,28,29,31). The Bertz CT molecular complexity index is 1240. The predicted octanol–water partition coefficient (Wildman–Crippen LogP) is 6.32. The first-order valence-electron chi connectivity index (χ1n) is 11.1. The Labute approximate surface area is 218 Å².